The van der Waals surface area contributed by atoms with Crippen LogP contribution in [0.5, 0.6) is 5.75 Å². The maximum atomic E-state index is 12.7. The zero-order chi connectivity index (χ0) is 19.6. The Bertz CT molecular complexity index is 1010. The monoisotopic (exact) mass is 363 g/mol. The molecule has 1 atom stereocenters. The van der Waals surface area contributed by atoms with E-state index in [0.717, 1.165) is 16.5 Å². The number of nitrogens with zero attached hydrogens (tertiary/aromatic N) is 1. The standard InChI is InChI=1S/C22H21NO4/c1-13-18-7-5-6-8-19(18)23-14(2)20(13)22(25)27-15(3)21(24)16-9-11-17(26-4)12-10-16/h5-12,15H,1-4H3/t15-/m0/s1. The number of methoxy groups -OCH3 is 1. The Hall–Kier alpha value is -3.21. The number of rotatable bonds is 5. The summed E-state index contributed by atoms with van der Waals surface area (Å²) in [6, 6.07) is 14.3. The highest BCUT2D eigenvalue weighted by molar-refractivity contribution is 6.03. The third-order valence-corrected chi connectivity index (χ3v) is 4.56. The van der Waals surface area contributed by atoms with Gasteiger partial charge in [-0.15, -0.1) is 0 Å². The van der Waals surface area contributed by atoms with Gasteiger partial charge in [-0.25, -0.2) is 4.79 Å². The van der Waals surface area contributed by atoms with Crippen LogP contribution in [-0.2, 0) is 4.74 Å². The molecule has 5 heteroatoms. The molecule has 5 nitrogen and oxygen atoms in total. The largest absolute Gasteiger partial charge is 0.497 e. The fraction of sp³-hybridized carbons (Fsp3) is 0.227. The van der Waals surface area contributed by atoms with E-state index < -0.39 is 12.1 Å². The summed E-state index contributed by atoms with van der Waals surface area (Å²) in [5.41, 5.74) is 3.07. The summed E-state index contributed by atoms with van der Waals surface area (Å²) in [5, 5.41) is 0.893. The first-order valence-electron chi connectivity index (χ1n) is 8.67. The van der Waals surface area contributed by atoms with Crippen LogP contribution >= 0.6 is 0 Å². The molecule has 0 fully saturated rings. The molecule has 0 spiro atoms. The molecule has 2 aromatic carbocycles. The second kappa shape index (κ2) is 7.58. The lowest BCUT2D eigenvalue weighted by Gasteiger charge is -2.16. The molecule has 3 aromatic rings. The maximum Gasteiger partial charge on any atom is 0.340 e. The Labute approximate surface area is 157 Å². The molecule has 3 rings (SSSR count). The van der Waals surface area contributed by atoms with Crippen LogP contribution in [0.4, 0.5) is 0 Å². The van der Waals surface area contributed by atoms with Crippen molar-refractivity contribution in [2.24, 2.45) is 0 Å². The van der Waals surface area contributed by atoms with E-state index in [-0.39, 0.29) is 5.78 Å². The van der Waals surface area contributed by atoms with Gasteiger partial charge in [0.1, 0.15) is 5.75 Å². The molecule has 0 unspecified atom stereocenters. The second-order valence-electron chi connectivity index (χ2n) is 6.35. The molecule has 0 bridgehead atoms. The van der Waals surface area contributed by atoms with Gasteiger partial charge in [-0.05, 0) is 56.7 Å². The summed E-state index contributed by atoms with van der Waals surface area (Å²) in [4.78, 5) is 29.8. The van der Waals surface area contributed by atoms with Crippen molar-refractivity contribution in [3.05, 3.63) is 70.9 Å². The summed E-state index contributed by atoms with van der Waals surface area (Å²) in [6.07, 6.45) is -0.906. The van der Waals surface area contributed by atoms with Crippen molar-refractivity contribution in [2.45, 2.75) is 26.9 Å². The average Bonchev–Trinajstić information content (AvgIpc) is 2.67. The summed E-state index contributed by atoms with van der Waals surface area (Å²) in [5.74, 6) is -0.155. The van der Waals surface area contributed by atoms with E-state index in [9.17, 15) is 9.59 Å². The number of benzene rings is 2. The number of ether oxygens (including phenoxy) is 2. The molecule has 0 aliphatic carbocycles. The summed E-state index contributed by atoms with van der Waals surface area (Å²) >= 11 is 0. The first kappa shape index (κ1) is 18.6. The van der Waals surface area contributed by atoms with Crippen LogP contribution in [0.1, 0.15) is 38.9 Å². The number of Topliss-reactive ketones (excluding diaryl/α,β-unsaturated/α-hetero) is 1. The lowest BCUT2D eigenvalue weighted by atomic mass is 10.0. The number of para-hydroxylation sites is 1. The van der Waals surface area contributed by atoms with Gasteiger partial charge in [-0.3, -0.25) is 9.78 Å². The Balaban J connectivity index is 1.84. The number of aryl methyl sites for hydroxylation is 2. The molecule has 0 saturated carbocycles. The molecule has 0 saturated heterocycles. The fourth-order valence-corrected chi connectivity index (χ4v) is 3.09. The quantitative estimate of drug-likeness (QED) is 0.500. The number of esters is 1. The zero-order valence-corrected chi connectivity index (χ0v) is 15.8. The first-order valence-corrected chi connectivity index (χ1v) is 8.67. The number of ketones is 1. The summed E-state index contributed by atoms with van der Waals surface area (Å²) < 4.78 is 10.5. The van der Waals surface area contributed by atoms with Crippen LogP contribution in [-0.4, -0.2) is 30.0 Å². The highest BCUT2D eigenvalue weighted by atomic mass is 16.5. The van der Waals surface area contributed by atoms with Crippen molar-refractivity contribution >= 4 is 22.7 Å². The molecule has 0 aliphatic heterocycles. The van der Waals surface area contributed by atoms with Gasteiger partial charge < -0.3 is 9.47 Å². The molecule has 0 aliphatic rings. The van der Waals surface area contributed by atoms with Gasteiger partial charge in [0, 0.05) is 10.9 Å². The number of carbonyl (C=O) groups excluding carboxylic acids is 2. The number of hydrogen-bond acceptors (Lipinski definition) is 5. The highest BCUT2D eigenvalue weighted by Crippen LogP contribution is 2.24. The van der Waals surface area contributed by atoms with E-state index in [0.29, 0.717) is 22.6 Å². The molecule has 27 heavy (non-hydrogen) atoms. The second-order valence-corrected chi connectivity index (χ2v) is 6.35. The average molecular weight is 363 g/mol. The Kier molecular flexibility index (Phi) is 5.21. The Morgan fingerprint density at radius 1 is 1.00 bits per heavy atom. The number of carbonyl (C=O) groups is 2. The van der Waals surface area contributed by atoms with Gasteiger partial charge in [0.25, 0.3) is 0 Å². The summed E-state index contributed by atoms with van der Waals surface area (Å²) in [6.45, 7) is 5.21. The van der Waals surface area contributed by atoms with Crippen LogP contribution in [0.2, 0.25) is 0 Å². The van der Waals surface area contributed by atoms with Crippen molar-refractivity contribution in [3.8, 4) is 5.75 Å². The number of pyridine rings is 1. The third-order valence-electron chi connectivity index (χ3n) is 4.56. The van der Waals surface area contributed by atoms with E-state index in [1.807, 2.05) is 31.2 Å². The van der Waals surface area contributed by atoms with Crippen molar-refractivity contribution < 1.29 is 19.1 Å². The summed E-state index contributed by atoms with van der Waals surface area (Å²) in [7, 11) is 1.56. The third kappa shape index (κ3) is 3.67. The Morgan fingerprint density at radius 2 is 1.67 bits per heavy atom. The molecule has 0 amide bonds. The van der Waals surface area contributed by atoms with Crippen LogP contribution in [0.15, 0.2) is 48.5 Å². The van der Waals surface area contributed by atoms with E-state index in [4.69, 9.17) is 9.47 Å². The molecule has 0 radical (unpaired) electrons. The molecular weight excluding hydrogens is 342 g/mol. The van der Waals surface area contributed by atoms with Crippen LogP contribution < -0.4 is 4.74 Å². The van der Waals surface area contributed by atoms with Crippen molar-refractivity contribution in [1.82, 2.24) is 4.98 Å². The van der Waals surface area contributed by atoms with Crippen molar-refractivity contribution in [2.75, 3.05) is 7.11 Å². The van der Waals surface area contributed by atoms with Gasteiger partial charge in [0.2, 0.25) is 5.78 Å². The molecule has 0 N–H and O–H groups in total. The van der Waals surface area contributed by atoms with Crippen LogP contribution in [0.3, 0.4) is 0 Å². The van der Waals surface area contributed by atoms with Gasteiger partial charge in [0.15, 0.2) is 6.10 Å². The predicted molar refractivity (Wildman–Crippen MR) is 103 cm³/mol. The van der Waals surface area contributed by atoms with Gasteiger partial charge in [0.05, 0.1) is 23.9 Å². The zero-order valence-electron chi connectivity index (χ0n) is 15.8. The first-order chi connectivity index (χ1) is 12.9. The topological polar surface area (TPSA) is 65.5 Å². The van der Waals surface area contributed by atoms with Crippen molar-refractivity contribution in [1.29, 1.82) is 0 Å². The molecular formula is C22H21NO4. The Morgan fingerprint density at radius 3 is 2.33 bits per heavy atom. The van der Waals surface area contributed by atoms with Gasteiger partial charge >= 0.3 is 5.97 Å². The van der Waals surface area contributed by atoms with Crippen LogP contribution in [0.25, 0.3) is 10.9 Å². The minimum absolute atomic E-state index is 0.268. The minimum atomic E-state index is -0.906. The normalized spacial score (nSPS) is 11.9. The minimum Gasteiger partial charge on any atom is -0.497 e. The smallest absolute Gasteiger partial charge is 0.340 e. The van der Waals surface area contributed by atoms with Gasteiger partial charge in [-0.1, -0.05) is 18.2 Å². The lowest BCUT2D eigenvalue weighted by Crippen LogP contribution is -2.25. The predicted octanol–water partition coefficient (Wildman–Crippen LogP) is 4.29. The SMILES string of the molecule is COc1ccc(C(=O)[C@H](C)OC(=O)c2c(C)nc3ccccc3c2C)cc1. The van der Waals surface area contributed by atoms with E-state index in [1.54, 1.807) is 45.2 Å². The van der Waals surface area contributed by atoms with Crippen LogP contribution in [0, 0.1) is 13.8 Å². The molecule has 138 valence electrons. The number of fused-ring (bicyclic) bond motifs is 1. The van der Waals surface area contributed by atoms with E-state index >= 15 is 0 Å². The number of hydrogen-bond donors (Lipinski definition) is 0. The van der Waals surface area contributed by atoms with Crippen molar-refractivity contribution in [3.63, 3.8) is 0 Å². The van der Waals surface area contributed by atoms with E-state index in [2.05, 4.69) is 4.98 Å². The van der Waals surface area contributed by atoms with Gasteiger partial charge in [-0.2, -0.15) is 0 Å². The lowest BCUT2D eigenvalue weighted by molar-refractivity contribution is 0.0317. The van der Waals surface area contributed by atoms with E-state index in [1.165, 1.54) is 0 Å². The molecule has 1 heterocycles. The fourth-order valence-electron chi connectivity index (χ4n) is 3.09. The maximum absolute atomic E-state index is 12.7. The highest BCUT2D eigenvalue weighted by Gasteiger charge is 2.24. The molecule has 1 aromatic heterocycles. The number of aromatic nitrogens is 1.